The van der Waals surface area contributed by atoms with E-state index in [1.165, 1.54) is 0 Å². The van der Waals surface area contributed by atoms with Crippen LogP contribution in [0.4, 0.5) is 0 Å². The third-order valence-corrected chi connectivity index (χ3v) is 3.37. The molecule has 4 heteroatoms. The normalized spacial score (nSPS) is 9.70. The van der Waals surface area contributed by atoms with Gasteiger partial charge in [-0.2, -0.15) is 0 Å². The largest absolute Gasteiger partial charge is 0.494 e. The van der Waals surface area contributed by atoms with Gasteiger partial charge in [0.25, 0.3) is 0 Å². The Hall–Kier alpha value is -1.96. The van der Waals surface area contributed by atoms with Crippen LogP contribution in [0.25, 0.3) is 0 Å². The molecule has 0 bridgehead atoms. The van der Waals surface area contributed by atoms with E-state index in [2.05, 4.69) is 11.8 Å². The van der Waals surface area contributed by atoms with Crippen molar-refractivity contribution in [2.45, 2.75) is 13.5 Å². The van der Waals surface area contributed by atoms with Crippen LogP contribution >= 0.6 is 11.3 Å². The molecule has 0 unspecified atom stereocenters. The maximum Gasteiger partial charge on any atom is 0.123 e. The predicted molar refractivity (Wildman–Crippen MR) is 80.2 cm³/mol. The zero-order valence-electron chi connectivity index (χ0n) is 11.3. The summed E-state index contributed by atoms with van der Waals surface area (Å²) in [6.07, 6.45) is 0. The molecule has 1 heterocycles. The molecular formula is C16H16O3S. The topological polar surface area (TPSA) is 38.7 Å². The van der Waals surface area contributed by atoms with Gasteiger partial charge in [0, 0.05) is 21.9 Å². The van der Waals surface area contributed by atoms with Crippen molar-refractivity contribution in [1.29, 1.82) is 0 Å². The van der Waals surface area contributed by atoms with Crippen LogP contribution in [-0.2, 0) is 6.61 Å². The summed E-state index contributed by atoms with van der Waals surface area (Å²) in [5, 5.41) is 10.6. The summed E-state index contributed by atoms with van der Waals surface area (Å²) in [6, 6.07) is 9.57. The predicted octanol–water partition coefficient (Wildman–Crippen LogP) is 3.07. The highest BCUT2D eigenvalue weighted by Gasteiger charge is 2.01. The van der Waals surface area contributed by atoms with Gasteiger partial charge in [0.05, 0.1) is 6.61 Å². The smallest absolute Gasteiger partial charge is 0.123 e. The van der Waals surface area contributed by atoms with E-state index in [-0.39, 0.29) is 6.61 Å². The summed E-state index contributed by atoms with van der Waals surface area (Å²) in [5.41, 5.74) is 0.908. The lowest BCUT2D eigenvalue weighted by atomic mass is 10.3. The van der Waals surface area contributed by atoms with E-state index in [1.54, 1.807) is 11.3 Å². The molecule has 1 aromatic carbocycles. The molecule has 0 radical (unpaired) electrons. The van der Waals surface area contributed by atoms with Crippen molar-refractivity contribution in [1.82, 2.24) is 0 Å². The van der Waals surface area contributed by atoms with Crippen molar-refractivity contribution in [3.05, 3.63) is 46.2 Å². The first-order valence-corrected chi connectivity index (χ1v) is 7.22. The van der Waals surface area contributed by atoms with E-state index < -0.39 is 0 Å². The van der Waals surface area contributed by atoms with Crippen LogP contribution in [0.2, 0.25) is 0 Å². The summed E-state index contributed by atoms with van der Waals surface area (Å²) in [4.78, 5) is 1.09. The quantitative estimate of drug-likeness (QED) is 0.859. The average Bonchev–Trinajstić information content (AvgIpc) is 2.92. The molecule has 0 amide bonds. The van der Waals surface area contributed by atoms with Crippen molar-refractivity contribution in [2.75, 3.05) is 13.2 Å². The van der Waals surface area contributed by atoms with Crippen LogP contribution in [-0.4, -0.2) is 18.3 Å². The second-order valence-electron chi connectivity index (χ2n) is 3.96. The summed E-state index contributed by atoms with van der Waals surface area (Å²) in [6.45, 7) is 2.97. The number of aliphatic hydroxyl groups is 1. The molecule has 1 N–H and O–H groups in total. The summed E-state index contributed by atoms with van der Waals surface area (Å²) in [7, 11) is 0. The zero-order chi connectivity index (χ0) is 14.2. The second kappa shape index (κ2) is 7.59. The first-order chi connectivity index (χ1) is 9.81. The molecule has 0 saturated carbocycles. The lowest BCUT2D eigenvalue weighted by Crippen LogP contribution is -1.95. The van der Waals surface area contributed by atoms with Crippen molar-refractivity contribution in [2.24, 2.45) is 0 Å². The Balaban J connectivity index is 1.94. The molecule has 0 aliphatic carbocycles. The molecule has 0 atom stereocenters. The number of benzene rings is 1. The van der Waals surface area contributed by atoms with Gasteiger partial charge in [-0.05, 0) is 25.1 Å². The van der Waals surface area contributed by atoms with Crippen molar-refractivity contribution < 1.29 is 14.6 Å². The Morgan fingerprint density at radius 2 is 2.00 bits per heavy atom. The fraction of sp³-hybridized carbons (Fsp3) is 0.250. The second-order valence-corrected chi connectivity index (χ2v) is 4.95. The molecule has 0 saturated heterocycles. The molecule has 0 aliphatic rings. The molecule has 20 heavy (non-hydrogen) atoms. The third kappa shape index (κ3) is 4.30. The van der Waals surface area contributed by atoms with Crippen molar-refractivity contribution >= 4 is 11.3 Å². The van der Waals surface area contributed by atoms with Crippen LogP contribution in [0.3, 0.4) is 0 Å². The molecule has 2 rings (SSSR count). The third-order valence-electron chi connectivity index (χ3n) is 2.46. The standard InChI is InChI=1S/C16H16O3S/c1-2-18-14-6-3-7-15(10-14)19-11-16-9-13(12-20-16)5-4-8-17/h3,6-7,9-10,12,17H,2,8,11H2,1H3. The Morgan fingerprint density at radius 1 is 1.20 bits per heavy atom. The molecule has 0 fully saturated rings. The highest BCUT2D eigenvalue weighted by Crippen LogP contribution is 2.22. The molecule has 1 aromatic heterocycles. The summed E-state index contributed by atoms with van der Waals surface area (Å²) < 4.78 is 11.2. The van der Waals surface area contributed by atoms with E-state index in [1.807, 2.05) is 42.6 Å². The molecular weight excluding hydrogens is 272 g/mol. The minimum Gasteiger partial charge on any atom is -0.494 e. The average molecular weight is 288 g/mol. The van der Waals surface area contributed by atoms with Gasteiger partial charge in [0.1, 0.15) is 24.7 Å². The number of aliphatic hydroxyl groups excluding tert-OH is 1. The molecule has 3 nitrogen and oxygen atoms in total. The SMILES string of the molecule is CCOc1cccc(OCc2cc(C#CCO)cs2)c1. The van der Waals surface area contributed by atoms with Crippen LogP contribution in [0.15, 0.2) is 35.7 Å². The summed E-state index contributed by atoms with van der Waals surface area (Å²) in [5.74, 6) is 7.10. The van der Waals surface area contributed by atoms with E-state index >= 15 is 0 Å². The Labute approximate surface area is 122 Å². The van der Waals surface area contributed by atoms with Gasteiger partial charge in [0.2, 0.25) is 0 Å². The minimum absolute atomic E-state index is 0.119. The first kappa shape index (κ1) is 14.4. The maximum absolute atomic E-state index is 8.65. The molecule has 0 aliphatic heterocycles. The van der Waals surface area contributed by atoms with Crippen LogP contribution in [0.1, 0.15) is 17.4 Å². The number of hydrogen-bond acceptors (Lipinski definition) is 4. The number of rotatable bonds is 5. The first-order valence-electron chi connectivity index (χ1n) is 6.34. The number of ether oxygens (including phenoxy) is 2. The molecule has 2 aromatic rings. The Morgan fingerprint density at radius 3 is 2.75 bits per heavy atom. The van der Waals surface area contributed by atoms with Gasteiger partial charge >= 0.3 is 0 Å². The minimum atomic E-state index is -0.119. The van der Waals surface area contributed by atoms with Gasteiger partial charge in [-0.15, -0.1) is 11.3 Å². The van der Waals surface area contributed by atoms with Gasteiger partial charge in [-0.1, -0.05) is 17.9 Å². The lowest BCUT2D eigenvalue weighted by Gasteiger charge is -2.07. The van der Waals surface area contributed by atoms with Gasteiger partial charge in [-0.25, -0.2) is 0 Å². The van der Waals surface area contributed by atoms with E-state index in [9.17, 15) is 0 Å². The number of thiophene rings is 1. The van der Waals surface area contributed by atoms with Crippen LogP contribution < -0.4 is 9.47 Å². The van der Waals surface area contributed by atoms with Crippen LogP contribution in [0, 0.1) is 11.8 Å². The maximum atomic E-state index is 8.65. The fourth-order valence-corrected chi connectivity index (χ4v) is 2.37. The fourth-order valence-electron chi connectivity index (χ4n) is 1.64. The van der Waals surface area contributed by atoms with E-state index in [0.29, 0.717) is 13.2 Å². The lowest BCUT2D eigenvalue weighted by molar-refractivity contribution is 0.302. The van der Waals surface area contributed by atoms with E-state index in [0.717, 1.165) is 21.9 Å². The molecule has 104 valence electrons. The highest BCUT2D eigenvalue weighted by atomic mass is 32.1. The number of hydrogen-bond donors (Lipinski definition) is 1. The molecule has 0 spiro atoms. The van der Waals surface area contributed by atoms with Crippen molar-refractivity contribution in [3.63, 3.8) is 0 Å². The van der Waals surface area contributed by atoms with Gasteiger partial charge in [0.15, 0.2) is 0 Å². The van der Waals surface area contributed by atoms with Crippen molar-refractivity contribution in [3.8, 4) is 23.3 Å². The van der Waals surface area contributed by atoms with Gasteiger partial charge in [-0.3, -0.25) is 0 Å². The Kier molecular flexibility index (Phi) is 5.48. The Bertz CT molecular complexity index is 607. The zero-order valence-corrected chi connectivity index (χ0v) is 12.1. The van der Waals surface area contributed by atoms with Gasteiger partial charge < -0.3 is 14.6 Å². The highest BCUT2D eigenvalue weighted by molar-refractivity contribution is 7.10. The van der Waals surface area contributed by atoms with E-state index in [4.69, 9.17) is 14.6 Å². The monoisotopic (exact) mass is 288 g/mol. The van der Waals surface area contributed by atoms with Crippen LogP contribution in [0.5, 0.6) is 11.5 Å². The summed E-state index contributed by atoms with van der Waals surface area (Å²) >= 11 is 1.59.